The minimum atomic E-state index is -0.378. The number of carbonyl (C=O) groups excluding carboxylic acids is 1. The smallest absolute Gasteiger partial charge is 0.354 e. The van der Waals surface area contributed by atoms with Crippen molar-refractivity contribution in [3.05, 3.63) is 83.3 Å². The lowest BCUT2D eigenvalue weighted by Crippen LogP contribution is -2.13. The number of hydrogen-bond donors (Lipinski definition) is 1. The van der Waals surface area contributed by atoms with Crippen molar-refractivity contribution in [2.75, 3.05) is 12.3 Å². The van der Waals surface area contributed by atoms with E-state index in [0.29, 0.717) is 30.2 Å². The first kappa shape index (κ1) is 17.6. The molecule has 5 nitrogen and oxygen atoms in total. The van der Waals surface area contributed by atoms with Gasteiger partial charge in [0.2, 0.25) is 0 Å². The summed E-state index contributed by atoms with van der Waals surface area (Å²) in [4.78, 5) is 16.1. The van der Waals surface area contributed by atoms with Crippen molar-refractivity contribution in [1.29, 1.82) is 0 Å². The summed E-state index contributed by atoms with van der Waals surface area (Å²) in [7, 11) is 0. The first-order chi connectivity index (χ1) is 13.6. The van der Waals surface area contributed by atoms with Gasteiger partial charge in [-0.3, -0.25) is 0 Å². The number of rotatable bonds is 4. The summed E-state index contributed by atoms with van der Waals surface area (Å²) < 4.78 is 7.16. The van der Waals surface area contributed by atoms with E-state index in [0.717, 1.165) is 27.2 Å². The molecule has 0 radical (unpaired) electrons. The van der Waals surface area contributed by atoms with Crippen molar-refractivity contribution in [3.8, 4) is 0 Å². The van der Waals surface area contributed by atoms with Crippen LogP contribution in [0.5, 0.6) is 0 Å². The molecule has 0 amide bonds. The molecular formula is C23H19N3O2. The molecule has 4 aromatic rings. The summed E-state index contributed by atoms with van der Waals surface area (Å²) in [5, 5.41) is 3.02. The number of nitrogen functional groups attached to an aromatic ring is 1. The summed E-state index contributed by atoms with van der Waals surface area (Å²) in [5.41, 5.74) is 9.61. The molecule has 3 aromatic carbocycles. The van der Waals surface area contributed by atoms with Crippen LogP contribution in [0.1, 0.15) is 23.0 Å². The van der Waals surface area contributed by atoms with E-state index in [-0.39, 0.29) is 5.97 Å². The van der Waals surface area contributed by atoms with E-state index in [4.69, 9.17) is 17.0 Å². The molecule has 0 aliphatic heterocycles. The van der Waals surface area contributed by atoms with Crippen molar-refractivity contribution in [2.24, 2.45) is 0 Å². The second kappa shape index (κ2) is 7.09. The van der Waals surface area contributed by atoms with Gasteiger partial charge in [0, 0.05) is 17.7 Å². The Morgan fingerprint density at radius 3 is 2.71 bits per heavy atom. The van der Waals surface area contributed by atoms with Gasteiger partial charge in [0.25, 0.3) is 0 Å². The molecule has 0 atom stereocenters. The molecule has 138 valence electrons. The second-order valence-corrected chi connectivity index (χ2v) is 6.59. The number of nitrogens with zero attached hydrogens (tertiary/aromatic N) is 2. The maximum Gasteiger partial charge on any atom is 0.354 e. The Bertz CT molecular complexity index is 1250. The highest BCUT2D eigenvalue weighted by Gasteiger charge is 2.18. The molecule has 0 unspecified atom stereocenters. The lowest BCUT2D eigenvalue weighted by atomic mass is 10.0. The van der Waals surface area contributed by atoms with Gasteiger partial charge < -0.3 is 15.0 Å². The fourth-order valence-corrected chi connectivity index (χ4v) is 3.57. The van der Waals surface area contributed by atoms with Crippen LogP contribution >= 0.6 is 0 Å². The predicted molar refractivity (Wildman–Crippen MR) is 112 cm³/mol. The Morgan fingerprint density at radius 2 is 1.93 bits per heavy atom. The van der Waals surface area contributed by atoms with E-state index in [1.54, 1.807) is 19.1 Å². The number of benzene rings is 3. The molecule has 0 aliphatic carbocycles. The summed E-state index contributed by atoms with van der Waals surface area (Å²) >= 11 is 0. The predicted octanol–water partition coefficient (Wildman–Crippen LogP) is 5.15. The van der Waals surface area contributed by atoms with Crippen molar-refractivity contribution >= 4 is 39.0 Å². The molecule has 5 heteroatoms. The maximum absolute atomic E-state index is 12.6. The third kappa shape index (κ3) is 3.06. The van der Waals surface area contributed by atoms with Gasteiger partial charge in [-0.2, -0.15) is 0 Å². The number of fused-ring (bicyclic) bond motifs is 2. The minimum Gasteiger partial charge on any atom is -0.461 e. The van der Waals surface area contributed by atoms with Gasteiger partial charge in [0.1, 0.15) is 5.69 Å². The molecule has 1 aromatic heterocycles. The molecule has 4 rings (SSSR count). The average Bonchev–Trinajstić information content (AvgIpc) is 3.05. The zero-order chi connectivity index (χ0) is 19.7. The van der Waals surface area contributed by atoms with Gasteiger partial charge in [-0.1, -0.05) is 36.4 Å². The zero-order valence-electron chi connectivity index (χ0n) is 15.5. The highest BCUT2D eigenvalue weighted by atomic mass is 16.5. The minimum absolute atomic E-state index is 0.300. The lowest BCUT2D eigenvalue weighted by Gasteiger charge is -2.13. The highest BCUT2D eigenvalue weighted by molar-refractivity contribution is 5.97. The van der Waals surface area contributed by atoms with Crippen LogP contribution < -0.4 is 5.73 Å². The van der Waals surface area contributed by atoms with Crippen LogP contribution in [-0.4, -0.2) is 17.1 Å². The first-order valence-corrected chi connectivity index (χ1v) is 9.05. The van der Waals surface area contributed by atoms with Crippen LogP contribution in [0.25, 0.3) is 26.5 Å². The van der Waals surface area contributed by atoms with Crippen LogP contribution in [0.2, 0.25) is 0 Å². The lowest BCUT2D eigenvalue weighted by molar-refractivity contribution is 0.0515. The average molecular weight is 369 g/mol. The van der Waals surface area contributed by atoms with Crippen molar-refractivity contribution in [1.82, 2.24) is 4.57 Å². The van der Waals surface area contributed by atoms with Crippen molar-refractivity contribution in [2.45, 2.75) is 13.5 Å². The normalized spacial score (nSPS) is 10.9. The van der Waals surface area contributed by atoms with Crippen LogP contribution in [0.3, 0.4) is 0 Å². The van der Waals surface area contributed by atoms with E-state index >= 15 is 0 Å². The second-order valence-electron chi connectivity index (χ2n) is 6.59. The number of nitrogens with two attached hydrogens (primary N) is 1. The molecular weight excluding hydrogens is 350 g/mol. The SMILES string of the molecule is [C-]#[N+]c1ccc2cc(C(=O)OCC)n(Cc3cc(N)cc4ccccc34)c2c1. The van der Waals surface area contributed by atoms with E-state index in [1.807, 2.05) is 53.1 Å². The maximum atomic E-state index is 12.6. The van der Waals surface area contributed by atoms with Crippen LogP contribution in [0.4, 0.5) is 11.4 Å². The number of carbonyl (C=O) groups is 1. The molecule has 0 spiro atoms. The summed E-state index contributed by atoms with van der Waals surface area (Å²) in [6.07, 6.45) is 0. The van der Waals surface area contributed by atoms with Crippen molar-refractivity contribution in [3.63, 3.8) is 0 Å². The monoisotopic (exact) mass is 369 g/mol. The van der Waals surface area contributed by atoms with E-state index in [9.17, 15) is 4.79 Å². The summed E-state index contributed by atoms with van der Waals surface area (Å²) in [6.45, 7) is 9.85. The van der Waals surface area contributed by atoms with Crippen molar-refractivity contribution < 1.29 is 9.53 Å². The molecule has 2 N–H and O–H groups in total. The largest absolute Gasteiger partial charge is 0.461 e. The van der Waals surface area contributed by atoms with Gasteiger partial charge in [-0.05, 0) is 52.9 Å². The number of esters is 1. The Labute approximate surface area is 162 Å². The first-order valence-electron chi connectivity index (χ1n) is 9.05. The molecule has 0 saturated heterocycles. The standard InChI is InChI=1S/C23H19N3O2/c1-3-28-23(27)22-12-16-8-9-19(25-2)13-21(16)26(22)14-17-11-18(24)10-15-6-4-5-7-20(15)17/h4-13H,3,14,24H2,1H3. The fourth-order valence-electron chi connectivity index (χ4n) is 3.57. The van der Waals surface area contributed by atoms with Crippen LogP contribution in [-0.2, 0) is 11.3 Å². The fraction of sp³-hybridized carbons (Fsp3) is 0.130. The molecule has 1 heterocycles. The molecule has 0 aliphatic rings. The Morgan fingerprint density at radius 1 is 1.11 bits per heavy atom. The number of hydrogen-bond acceptors (Lipinski definition) is 3. The van der Waals surface area contributed by atoms with E-state index in [2.05, 4.69) is 4.85 Å². The summed E-state index contributed by atoms with van der Waals surface area (Å²) in [5.74, 6) is -0.378. The van der Waals surface area contributed by atoms with Crippen LogP contribution in [0, 0.1) is 6.57 Å². The van der Waals surface area contributed by atoms with Gasteiger partial charge in [-0.15, -0.1) is 0 Å². The third-order valence-corrected chi connectivity index (χ3v) is 4.80. The number of aromatic nitrogens is 1. The summed E-state index contributed by atoms with van der Waals surface area (Å²) in [6, 6.07) is 19.1. The van der Waals surface area contributed by atoms with Gasteiger partial charge >= 0.3 is 5.97 Å². The Balaban J connectivity index is 1.94. The number of anilines is 1. The van der Waals surface area contributed by atoms with E-state index in [1.165, 1.54) is 0 Å². The topological polar surface area (TPSA) is 61.6 Å². The van der Waals surface area contributed by atoms with Gasteiger partial charge in [0.15, 0.2) is 5.69 Å². The molecule has 0 saturated carbocycles. The zero-order valence-corrected chi connectivity index (χ0v) is 15.5. The quantitative estimate of drug-likeness (QED) is 0.307. The van der Waals surface area contributed by atoms with Gasteiger partial charge in [-0.25, -0.2) is 9.64 Å². The third-order valence-electron chi connectivity index (χ3n) is 4.80. The number of ether oxygens (including phenoxy) is 1. The molecule has 0 bridgehead atoms. The molecule has 28 heavy (non-hydrogen) atoms. The Hall–Kier alpha value is -3.78. The van der Waals surface area contributed by atoms with Gasteiger partial charge in [0.05, 0.1) is 13.2 Å². The van der Waals surface area contributed by atoms with Crippen LogP contribution in [0.15, 0.2) is 60.7 Å². The van der Waals surface area contributed by atoms with E-state index < -0.39 is 0 Å². The highest BCUT2D eigenvalue weighted by Crippen LogP contribution is 2.29. The Kier molecular flexibility index (Phi) is 4.46. The molecule has 0 fully saturated rings.